The van der Waals surface area contributed by atoms with Crippen LogP contribution in [0.2, 0.25) is 5.02 Å². The fraction of sp³-hybridized carbons (Fsp3) is 0.200. The van der Waals surface area contributed by atoms with Crippen LogP contribution in [0, 0.1) is 0 Å². The van der Waals surface area contributed by atoms with Gasteiger partial charge >= 0.3 is 0 Å². The molecule has 0 saturated carbocycles. The first-order valence-corrected chi connectivity index (χ1v) is 10.4. The third-order valence-electron chi connectivity index (χ3n) is 4.86. The van der Waals surface area contributed by atoms with Crippen LogP contribution in [0.1, 0.15) is 22.9 Å². The predicted molar refractivity (Wildman–Crippen MR) is 124 cm³/mol. The van der Waals surface area contributed by atoms with Gasteiger partial charge < -0.3 is 20.1 Å². The molecule has 0 fully saturated rings. The highest BCUT2D eigenvalue weighted by molar-refractivity contribution is 6.30. The molecule has 2 N–H and O–H groups in total. The Morgan fingerprint density at radius 3 is 1.50 bits per heavy atom. The number of benzene rings is 3. The van der Waals surface area contributed by atoms with E-state index in [1.165, 1.54) is 0 Å². The minimum atomic E-state index is -0.691. The quantitative estimate of drug-likeness (QED) is 0.480. The lowest BCUT2D eigenvalue weighted by molar-refractivity contribution is -0.123. The van der Waals surface area contributed by atoms with E-state index < -0.39 is 6.17 Å². The minimum Gasteiger partial charge on any atom is -0.497 e. The van der Waals surface area contributed by atoms with E-state index in [1.807, 2.05) is 24.3 Å². The number of methoxy groups -OCH3 is 2. The Morgan fingerprint density at radius 1 is 0.719 bits per heavy atom. The zero-order valence-corrected chi connectivity index (χ0v) is 18.7. The summed E-state index contributed by atoms with van der Waals surface area (Å²) in [6, 6.07) is 21.5. The van der Waals surface area contributed by atoms with Crippen LogP contribution in [0.3, 0.4) is 0 Å². The molecule has 2 amide bonds. The van der Waals surface area contributed by atoms with Crippen molar-refractivity contribution in [2.45, 2.75) is 19.0 Å². The van der Waals surface area contributed by atoms with Gasteiger partial charge in [0.05, 0.1) is 27.1 Å². The molecule has 0 aliphatic carbocycles. The number of nitrogens with one attached hydrogen (secondary N) is 2. The van der Waals surface area contributed by atoms with E-state index in [0.717, 1.165) is 28.2 Å². The average Bonchev–Trinajstić information content (AvgIpc) is 2.80. The molecule has 32 heavy (non-hydrogen) atoms. The van der Waals surface area contributed by atoms with Gasteiger partial charge in [0.15, 0.2) is 0 Å². The number of carbonyl (C=O) groups excluding carboxylic acids is 2. The van der Waals surface area contributed by atoms with Gasteiger partial charge in [-0.05, 0) is 53.1 Å². The molecule has 0 saturated heterocycles. The largest absolute Gasteiger partial charge is 0.497 e. The average molecular weight is 453 g/mol. The molecule has 6 nitrogen and oxygen atoms in total. The molecule has 7 heteroatoms. The lowest BCUT2D eigenvalue weighted by Gasteiger charge is -2.21. The van der Waals surface area contributed by atoms with Crippen molar-refractivity contribution in [3.63, 3.8) is 0 Å². The summed E-state index contributed by atoms with van der Waals surface area (Å²) in [5.41, 5.74) is 2.39. The first-order valence-electron chi connectivity index (χ1n) is 10.1. The van der Waals surface area contributed by atoms with Gasteiger partial charge in [-0.2, -0.15) is 0 Å². The van der Waals surface area contributed by atoms with Crippen LogP contribution in [0.4, 0.5) is 0 Å². The van der Waals surface area contributed by atoms with Gasteiger partial charge in [0.2, 0.25) is 11.8 Å². The maximum Gasteiger partial charge on any atom is 0.226 e. The van der Waals surface area contributed by atoms with E-state index in [2.05, 4.69) is 10.6 Å². The lowest BCUT2D eigenvalue weighted by Crippen LogP contribution is -2.42. The van der Waals surface area contributed by atoms with Gasteiger partial charge in [-0.3, -0.25) is 9.59 Å². The summed E-state index contributed by atoms with van der Waals surface area (Å²) in [7, 11) is 3.18. The monoisotopic (exact) mass is 452 g/mol. The van der Waals surface area contributed by atoms with Crippen LogP contribution in [-0.2, 0) is 22.4 Å². The number of hydrogen-bond acceptors (Lipinski definition) is 4. The summed E-state index contributed by atoms with van der Waals surface area (Å²) >= 11 is 6.00. The van der Waals surface area contributed by atoms with Gasteiger partial charge in [0.1, 0.15) is 17.7 Å². The summed E-state index contributed by atoms with van der Waals surface area (Å²) in [5.74, 6) is 0.998. The van der Waals surface area contributed by atoms with E-state index in [0.29, 0.717) is 5.02 Å². The Kier molecular flexibility index (Phi) is 8.11. The Labute approximate surface area is 192 Å². The van der Waals surface area contributed by atoms with Crippen molar-refractivity contribution >= 4 is 23.4 Å². The second-order valence-corrected chi connectivity index (χ2v) is 7.61. The Morgan fingerprint density at radius 2 is 1.12 bits per heavy atom. The van der Waals surface area contributed by atoms with Crippen molar-refractivity contribution in [2.75, 3.05) is 14.2 Å². The molecule has 3 rings (SSSR count). The molecule has 166 valence electrons. The molecule has 0 aromatic heterocycles. The molecule has 0 atom stereocenters. The highest BCUT2D eigenvalue weighted by Crippen LogP contribution is 2.17. The molecular formula is C25H25ClN2O4. The molecule has 0 bridgehead atoms. The van der Waals surface area contributed by atoms with Gasteiger partial charge in [-0.25, -0.2) is 0 Å². The Balaban J connectivity index is 1.68. The fourth-order valence-electron chi connectivity index (χ4n) is 3.14. The molecule has 3 aromatic carbocycles. The molecule has 3 aromatic rings. The first-order chi connectivity index (χ1) is 15.5. The maximum atomic E-state index is 12.7. The van der Waals surface area contributed by atoms with Crippen molar-refractivity contribution < 1.29 is 19.1 Å². The number of carbonyl (C=O) groups is 2. The molecule has 0 aliphatic heterocycles. The molecule has 0 radical (unpaired) electrons. The molecule has 0 spiro atoms. The SMILES string of the molecule is COc1ccc(CC(=O)NC(NC(=O)Cc2ccc(OC)cc2)c2ccc(Cl)cc2)cc1. The molecule has 0 unspecified atom stereocenters. The highest BCUT2D eigenvalue weighted by atomic mass is 35.5. The van der Waals surface area contributed by atoms with E-state index in [1.54, 1.807) is 62.8 Å². The van der Waals surface area contributed by atoms with E-state index in [-0.39, 0.29) is 24.7 Å². The second kappa shape index (κ2) is 11.2. The summed E-state index contributed by atoms with van der Waals surface area (Å²) < 4.78 is 10.3. The number of ether oxygens (including phenoxy) is 2. The number of halogens is 1. The molecule has 0 aliphatic rings. The third kappa shape index (κ3) is 6.75. The summed E-state index contributed by atoms with van der Waals surface area (Å²) in [6.45, 7) is 0. The van der Waals surface area contributed by atoms with Crippen LogP contribution < -0.4 is 20.1 Å². The van der Waals surface area contributed by atoms with Gasteiger partial charge in [-0.1, -0.05) is 48.0 Å². The van der Waals surface area contributed by atoms with Crippen molar-refractivity contribution in [2.24, 2.45) is 0 Å². The van der Waals surface area contributed by atoms with Gasteiger partial charge in [0.25, 0.3) is 0 Å². The van der Waals surface area contributed by atoms with E-state index in [4.69, 9.17) is 21.1 Å². The molecule has 0 heterocycles. The van der Waals surface area contributed by atoms with Crippen molar-refractivity contribution in [3.05, 3.63) is 94.5 Å². The predicted octanol–water partition coefficient (Wildman–Crippen LogP) is 4.07. The van der Waals surface area contributed by atoms with E-state index >= 15 is 0 Å². The first kappa shape index (κ1) is 23.2. The van der Waals surface area contributed by atoms with Crippen molar-refractivity contribution in [3.8, 4) is 11.5 Å². The van der Waals surface area contributed by atoms with Crippen LogP contribution in [0.5, 0.6) is 11.5 Å². The van der Waals surface area contributed by atoms with E-state index in [9.17, 15) is 9.59 Å². The normalized spacial score (nSPS) is 10.5. The number of amides is 2. The van der Waals surface area contributed by atoms with Crippen LogP contribution in [-0.4, -0.2) is 26.0 Å². The maximum absolute atomic E-state index is 12.7. The zero-order valence-electron chi connectivity index (χ0n) is 17.9. The smallest absolute Gasteiger partial charge is 0.226 e. The van der Waals surface area contributed by atoms with Gasteiger partial charge in [-0.15, -0.1) is 0 Å². The minimum absolute atomic E-state index is 0.169. The van der Waals surface area contributed by atoms with Crippen LogP contribution >= 0.6 is 11.6 Å². The zero-order chi connectivity index (χ0) is 22.9. The Bertz CT molecular complexity index is 972. The Hall–Kier alpha value is -3.51. The van der Waals surface area contributed by atoms with Crippen LogP contribution in [0.25, 0.3) is 0 Å². The topological polar surface area (TPSA) is 76.7 Å². The third-order valence-corrected chi connectivity index (χ3v) is 5.11. The van der Waals surface area contributed by atoms with Gasteiger partial charge in [0, 0.05) is 5.02 Å². The van der Waals surface area contributed by atoms with Crippen molar-refractivity contribution in [1.82, 2.24) is 10.6 Å². The number of hydrogen-bond donors (Lipinski definition) is 2. The summed E-state index contributed by atoms with van der Waals surface area (Å²) in [5, 5.41) is 6.37. The summed E-state index contributed by atoms with van der Waals surface area (Å²) in [6.07, 6.45) is -0.353. The highest BCUT2D eigenvalue weighted by Gasteiger charge is 2.18. The fourth-order valence-corrected chi connectivity index (χ4v) is 3.27. The number of rotatable bonds is 9. The second-order valence-electron chi connectivity index (χ2n) is 7.17. The molecular weight excluding hydrogens is 428 g/mol. The van der Waals surface area contributed by atoms with Crippen LogP contribution in [0.15, 0.2) is 72.8 Å². The van der Waals surface area contributed by atoms with Crippen molar-refractivity contribution in [1.29, 1.82) is 0 Å². The summed E-state index contributed by atoms with van der Waals surface area (Å²) in [4.78, 5) is 25.4. The lowest BCUT2D eigenvalue weighted by atomic mass is 10.1. The standard InChI is InChI=1S/C25H25ClN2O4/c1-31-21-11-3-17(4-12-21)15-23(29)27-25(19-7-9-20(26)10-8-19)28-24(30)16-18-5-13-22(32-2)14-6-18/h3-14,25H,15-16H2,1-2H3,(H,27,29)(H,28,30).